The van der Waals surface area contributed by atoms with Crippen molar-refractivity contribution in [2.24, 2.45) is 0 Å². The molecular weight excluding hydrogens is 325 g/mol. The molecule has 6 heteroatoms. The molecule has 0 bridgehead atoms. The van der Waals surface area contributed by atoms with E-state index in [1.54, 1.807) is 37.3 Å². The molecule has 2 rings (SSSR count). The molecule has 0 spiro atoms. The molecule has 0 aliphatic rings. The van der Waals surface area contributed by atoms with Gasteiger partial charge in [0.25, 0.3) is 5.91 Å². The first kappa shape index (κ1) is 18.4. The van der Waals surface area contributed by atoms with Gasteiger partial charge in [0.1, 0.15) is 17.3 Å². The minimum Gasteiger partial charge on any atom is -0.497 e. The monoisotopic (exact) mass is 345 g/mol. The van der Waals surface area contributed by atoms with Crippen molar-refractivity contribution >= 4 is 11.7 Å². The number of carbonyl (C=O) groups excluding carboxylic acids is 2. The zero-order valence-corrected chi connectivity index (χ0v) is 14.3. The Bertz CT molecular complexity index is 759. The lowest BCUT2D eigenvalue weighted by atomic mass is 10.1. The first-order valence-electron chi connectivity index (χ1n) is 7.77. The molecule has 0 saturated carbocycles. The van der Waals surface area contributed by atoms with Gasteiger partial charge in [0.15, 0.2) is 12.4 Å². The minimum atomic E-state index is -0.353. The van der Waals surface area contributed by atoms with E-state index in [0.29, 0.717) is 11.3 Å². The topological polar surface area (TPSA) is 64.6 Å². The molecule has 5 nitrogen and oxygen atoms in total. The molecule has 2 aromatic carbocycles. The van der Waals surface area contributed by atoms with Crippen molar-refractivity contribution in [3.63, 3.8) is 0 Å². The van der Waals surface area contributed by atoms with Gasteiger partial charge in [-0.25, -0.2) is 4.39 Å². The van der Waals surface area contributed by atoms with Gasteiger partial charge in [0, 0.05) is 6.07 Å². The van der Waals surface area contributed by atoms with Crippen LogP contribution in [0.5, 0.6) is 11.5 Å². The van der Waals surface area contributed by atoms with Crippen LogP contribution in [0.1, 0.15) is 35.8 Å². The minimum absolute atomic E-state index is 0.169. The van der Waals surface area contributed by atoms with Gasteiger partial charge in [-0.1, -0.05) is 12.1 Å². The van der Waals surface area contributed by atoms with Gasteiger partial charge in [-0.2, -0.15) is 0 Å². The Morgan fingerprint density at radius 3 is 2.44 bits per heavy atom. The summed E-state index contributed by atoms with van der Waals surface area (Å²) in [4.78, 5) is 23.7. The molecule has 0 heterocycles. The largest absolute Gasteiger partial charge is 0.497 e. The Hall–Kier alpha value is -2.89. The van der Waals surface area contributed by atoms with Gasteiger partial charge < -0.3 is 14.8 Å². The van der Waals surface area contributed by atoms with Crippen molar-refractivity contribution < 1.29 is 23.5 Å². The Morgan fingerprint density at radius 1 is 1.16 bits per heavy atom. The zero-order valence-electron chi connectivity index (χ0n) is 14.3. The fourth-order valence-electron chi connectivity index (χ4n) is 2.30. The number of methoxy groups -OCH3 is 1. The molecule has 1 N–H and O–H groups in total. The van der Waals surface area contributed by atoms with Gasteiger partial charge in [0.05, 0.1) is 18.7 Å². The highest BCUT2D eigenvalue weighted by atomic mass is 19.1. The summed E-state index contributed by atoms with van der Waals surface area (Å²) >= 11 is 0. The van der Waals surface area contributed by atoms with Crippen LogP contribution in [0.2, 0.25) is 0 Å². The number of rotatable bonds is 7. The highest BCUT2D eigenvalue weighted by Crippen LogP contribution is 2.25. The van der Waals surface area contributed by atoms with E-state index < -0.39 is 0 Å². The molecule has 0 fully saturated rings. The average molecular weight is 345 g/mol. The molecule has 1 amide bonds. The Balaban J connectivity index is 1.99. The van der Waals surface area contributed by atoms with Crippen molar-refractivity contribution in [1.29, 1.82) is 0 Å². The first-order chi connectivity index (χ1) is 11.9. The first-order valence-corrected chi connectivity index (χ1v) is 7.77. The summed E-state index contributed by atoms with van der Waals surface area (Å²) in [6, 6.07) is 10.4. The van der Waals surface area contributed by atoms with Crippen LogP contribution in [-0.4, -0.2) is 25.4 Å². The number of Topliss-reactive ketones (excluding diaryl/α,β-unsaturated/α-hetero) is 1. The summed E-state index contributed by atoms with van der Waals surface area (Å²) in [7, 11) is 1.50. The lowest BCUT2D eigenvalue weighted by Crippen LogP contribution is -2.31. The summed E-state index contributed by atoms with van der Waals surface area (Å²) in [6.45, 7) is 2.96. The number of hydrogen-bond acceptors (Lipinski definition) is 4. The van der Waals surface area contributed by atoms with E-state index >= 15 is 0 Å². The van der Waals surface area contributed by atoms with E-state index in [-0.39, 0.29) is 35.9 Å². The smallest absolute Gasteiger partial charge is 0.258 e. The molecule has 25 heavy (non-hydrogen) atoms. The standard InChI is InChI=1S/C19H20FNO4/c1-12(14-4-6-15(20)7-5-14)21-19(23)11-25-18-10-16(24-3)8-9-17(18)13(2)22/h4-10,12H,11H2,1-3H3,(H,21,23)/t12-/m1/s1. The Kier molecular flexibility index (Phi) is 6.11. The number of ether oxygens (including phenoxy) is 2. The van der Waals surface area contributed by atoms with Crippen LogP contribution in [-0.2, 0) is 4.79 Å². The Morgan fingerprint density at radius 2 is 1.84 bits per heavy atom. The highest BCUT2D eigenvalue weighted by Gasteiger charge is 2.14. The Labute approximate surface area is 145 Å². The van der Waals surface area contributed by atoms with Crippen molar-refractivity contribution in [3.05, 3.63) is 59.4 Å². The van der Waals surface area contributed by atoms with Crippen LogP contribution in [0.25, 0.3) is 0 Å². The third-order valence-corrected chi connectivity index (χ3v) is 3.67. The number of benzene rings is 2. The maximum atomic E-state index is 12.9. The van der Waals surface area contributed by atoms with Crippen molar-refractivity contribution in [2.75, 3.05) is 13.7 Å². The van der Waals surface area contributed by atoms with Crippen molar-refractivity contribution in [1.82, 2.24) is 5.32 Å². The number of hydrogen-bond donors (Lipinski definition) is 1. The van der Waals surface area contributed by atoms with E-state index in [1.807, 2.05) is 0 Å². The molecule has 0 unspecified atom stereocenters. The third kappa shape index (κ3) is 5.04. The summed E-state index contributed by atoms with van der Waals surface area (Å²) in [5.41, 5.74) is 1.15. The number of amides is 1. The van der Waals surface area contributed by atoms with Crippen LogP contribution < -0.4 is 14.8 Å². The predicted octanol–water partition coefficient (Wildman–Crippen LogP) is 3.29. The van der Waals surface area contributed by atoms with Crippen LogP contribution in [0.15, 0.2) is 42.5 Å². The maximum absolute atomic E-state index is 12.9. The molecule has 1 atom stereocenters. The molecule has 0 saturated heterocycles. The second kappa shape index (κ2) is 8.28. The van der Waals surface area contributed by atoms with Gasteiger partial charge >= 0.3 is 0 Å². The summed E-state index contributed by atoms with van der Waals surface area (Å²) < 4.78 is 23.5. The van der Waals surface area contributed by atoms with E-state index in [4.69, 9.17) is 9.47 Å². The second-order valence-electron chi connectivity index (χ2n) is 5.55. The number of carbonyl (C=O) groups is 2. The van der Waals surface area contributed by atoms with Gasteiger partial charge in [0.2, 0.25) is 0 Å². The van der Waals surface area contributed by atoms with Crippen LogP contribution in [0, 0.1) is 5.82 Å². The molecular formula is C19H20FNO4. The lowest BCUT2D eigenvalue weighted by Gasteiger charge is -2.16. The van der Waals surface area contributed by atoms with Gasteiger partial charge in [-0.05, 0) is 43.7 Å². The predicted molar refractivity (Wildman–Crippen MR) is 91.5 cm³/mol. The highest BCUT2D eigenvalue weighted by molar-refractivity contribution is 5.97. The van der Waals surface area contributed by atoms with Crippen LogP contribution in [0.3, 0.4) is 0 Å². The van der Waals surface area contributed by atoms with Gasteiger partial charge in [-0.3, -0.25) is 9.59 Å². The van der Waals surface area contributed by atoms with E-state index in [0.717, 1.165) is 5.56 Å². The fraction of sp³-hybridized carbons (Fsp3) is 0.263. The molecule has 0 aromatic heterocycles. The average Bonchev–Trinajstić information content (AvgIpc) is 2.60. The van der Waals surface area contributed by atoms with E-state index in [1.165, 1.54) is 26.2 Å². The molecule has 0 aliphatic heterocycles. The van der Waals surface area contributed by atoms with E-state index in [9.17, 15) is 14.0 Å². The summed E-state index contributed by atoms with van der Waals surface area (Å²) in [5, 5.41) is 2.76. The second-order valence-corrected chi connectivity index (χ2v) is 5.55. The number of nitrogens with one attached hydrogen (secondary N) is 1. The molecule has 132 valence electrons. The quantitative estimate of drug-likeness (QED) is 0.782. The molecule has 2 aromatic rings. The van der Waals surface area contributed by atoms with Crippen molar-refractivity contribution in [3.8, 4) is 11.5 Å². The number of ketones is 1. The fourth-order valence-corrected chi connectivity index (χ4v) is 2.30. The van der Waals surface area contributed by atoms with Crippen LogP contribution in [0.4, 0.5) is 4.39 Å². The van der Waals surface area contributed by atoms with Crippen molar-refractivity contribution in [2.45, 2.75) is 19.9 Å². The lowest BCUT2D eigenvalue weighted by molar-refractivity contribution is -0.123. The SMILES string of the molecule is COc1ccc(C(C)=O)c(OCC(=O)N[C@H](C)c2ccc(F)cc2)c1. The number of halogens is 1. The normalized spacial score (nSPS) is 11.5. The molecule has 0 radical (unpaired) electrons. The van der Waals surface area contributed by atoms with Gasteiger partial charge in [-0.15, -0.1) is 0 Å². The maximum Gasteiger partial charge on any atom is 0.258 e. The van der Waals surface area contributed by atoms with Crippen LogP contribution >= 0.6 is 0 Å². The zero-order chi connectivity index (χ0) is 18.4. The molecule has 0 aliphatic carbocycles. The summed E-state index contributed by atoms with van der Waals surface area (Å²) in [5.74, 6) is -0.0381. The van der Waals surface area contributed by atoms with E-state index in [2.05, 4.69) is 5.32 Å². The third-order valence-electron chi connectivity index (χ3n) is 3.67. The summed E-state index contributed by atoms with van der Waals surface area (Å²) in [6.07, 6.45) is 0.